The molecule has 1 atom stereocenters. The van der Waals surface area contributed by atoms with Gasteiger partial charge in [0.15, 0.2) is 5.69 Å². The first-order valence-electron chi connectivity index (χ1n) is 5.82. The molecule has 6 nitrogen and oxygen atoms in total. The zero-order valence-electron chi connectivity index (χ0n) is 10.5. The minimum Gasteiger partial charge on any atom is -0.399 e. The van der Waals surface area contributed by atoms with Crippen LogP contribution in [0.3, 0.4) is 0 Å². The normalized spacial score (nSPS) is 11.8. The van der Waals surface area contributed by atoms with Crippen LogP contribution in [0.25, 0.3) is 0 Å². The van der Waals surface area contributed by atoms with E-state index in [2.05, 4.69) is 15.5 Å². The summed E-state index contributed by atoms with van der Waals surface area (Å²) >= 11 is 0. The van der Waals surface area contributed by atoms with Crippen molar-refractivity contribution < 1.29 is 4.79 Å². The number of carbonyl (C=O) groups excluding carboxylic acids is 1. The molecule has 0 aliphatic carbocycles. The number of hydrogen-bond donors (Lipinski definition) is 3. The van der Waals surface area contributed by atoms with Gasteiger partial charge in [0.2, 0.25) is 0 Å². The van der Waals surface area contributed by atoms with Gasteiger partial charge < -0.3 is 16.8 Å². The van der Waals surface area contributed by atoms with Crippen LogP contribution in [0.4, 0.5) is 11.5 Å². The molecule has 2 aromatic rings. The van der Waals surface area contributed by atoms with Gasteiger partial charge in [-0.1, -0.05) is 12.1 Å². The first kappa shape index (κ1) is 12.8. The highest BCUT2D eigenvalue weighted by atomic mass is 16.1. The number of anilines is 2. The molecular weight excluding hydrogens is 242 g/mol. The third-order valence-electron chi connectivity index (χ3n) is 2.69. The highest BCUT2D eigenvalue weighted by molar-refractivity contribution is 5.90. The quantitative estimate of drug-likeness (QED) is 0.716. The summed E-state index contributed by atoms with van der Waals surface area (Å²) in [4.78, 5) is 10.9. The molecule has 1 aromatic carbocycles. The van der Waals surface area contributed by atoms with Crippen LogP contribution in [0.1, 0.15) is 29.0 Å². The summed E-state index contributed by atoms with van der Waals surface area (Å²) in [5, 5.41) is 10.8. The van der Waals surface area contributed by atoms with E-state index in [0.29, 0.717) is 11.5 Å². The number of nitrogen functional groups attached to an aromatic ring is 1. The van der Waals surface area contributed by atoms with E-state index in [-0.39, 0.29) is 11.7 Å². The average molecular weight is 257 g/mol. The largest absolute Gasteiger partial charge is 0.399 e. The third-order valence-corrected chi connectivity index (χ3v) is 2.69. The van der Waals surface area contributed by atoms with Crippen molar-refractivity contribution in [2.75, 3.05) is 11.1 Å². The van der Waals surface area contributed by atoms with Crippen molar-refractivity contribution >= 4 is 17.4 Å². The molecule has 0 spiro atoms. The SMILES string of the molecule is CC(Nc1ccc(C(N)=O)nn1)c1cccc(N)c1. The van der Waals surface area contributed by atoms with Gasteiger partial charge in [0.05, 0.1) is 6.04 Å². The van der Waals surface area contributed by atoms with Crippen LogP contribution < -0.4 is 16.8 Å². The van der Waals surface area contributed by atoms with Crippen molar-refractivity contribution in [3.05, 3.63) is 47.7 Å². The predicted molar refractivity (Wildman–Crippen MR) is 73.4 cm³/mol. The summed E-state index contributed by atoms with van der Waals surface area (Å²) in [5.74, 6) is -0.0251. The topological polar surface area (TPSA) is 107 Å². The molecule has 0 bridgehead atoms. The predicted octanol–water partition coefficient (Wildman–Crippen LogP) is 1.33. The first-order chi connectivity index (χ1) is 9.06. The lowest BCUT2D eigenvalue weighted by Crippen LogP contribution is -2.15. The Morgan fingerprint density at radius 3 is 2.63 bits per heavy atom. The second kappa shape index (κ2) is 5.34. The molecule has 1 amide bonds. The minimum atomic E-state index is -0.595. The number of benzene rings is 1. The molecular formula is C13H15N5O. The zero-order valence-corrected chi connectivity index (χ0v) is 10.5. The maximum atomic E-state index is 10.9. The number of aromatic nitrogens is 2. The molecule has 0 aliphatic heterocycles. The summed E-state index contributed by atoms with van der Waals surface area (Å²) in [6.45, 7) is 1.98. The monoisotopic (exact) mass is 257 g/mol. The first-order valence-corrected chi connectivity index (χ1v) is 5.82. The van der Waals surface area contributed by atoms with Gasteiger partial charge in [0.1, 0.15) is 5.82 Å². The van der Waals surface area contributed by atoms with Gasteiger partial charge in [-0.25, -0.2) is 0 Å². The standard InChI is InChI=1S/C13H15N5O/c1-8(9-3-2-4-10(14)7-9)16-12-6-5-11(13(15)19)17-18-12/h2-8H,14H2,1H3,(H2,15,19)(H,16,18). The van der Waals surface area contributed by atoms with Crippen LogP contribution in [0.5, 0.6) is 0 Å². The minimum absolute atomic E-state index is 0.0252. The summed E-state index contributed by atoms with van der Waals surface area (Å²) in [7, 11) is 0. The second-order valence-electron chi connectivity index (χ2n) is 4.20. The lowest BCUT2D eigenvalue weighted by molar-refractivity contribution is 0.0994. The number of nitrogens with zero attached hydrogens (tertiary/aromatic N) is 2. The van der Waals surface area contributed by atoms with Crippen LogP contribution in [0.15, 0.2) is 36.4 Å². The number of hydrogen-bond acceptors (Lipinski definition) is 5. The number of amides is 1. The van der Waals surface area contributed by atoms with Gasteiger partial charge >= 0.3 is 0 Å². The number of rotatable bonds is 4. The molecule has 0 fully saturated rings. The molecule has 1 unspecified atom stereocenters. The third kappa shape index (κ3) is 3.19. The molecule has 1 heterocycles. The fourth-order valence-corrected chi connectivity index (χ4v) is 1.67. The lowest BCUT2D eigenvalue weighted by Gasteiger charge is -2.14. The number of primary amides is 1. The maximum absolute atomic E-state index is 10.9. The summed E-state index contributed by atoms with van der Waals surface area (Å²) in [6.07, 6.45) is 0. The van der Waals surface area contributed by atoms with Crippen molar-refractivity contribution in [2.45, 2.75) is 13.0 Å². The molecule has 2 rings (SSSR count). The van der Waals surface area contributed by atoms with Crippen molar-refractivity contribution in [1.29, 1.82) is 0 Å². The smallest absolute Gasteiger partial charge is 0.269 e. The van der Waals surface area contributed by atoms with E-state index >= 15 is 0 Å². The Kier molecular flexibility index (Phi) is 3.61. The molecule has 5 N–H and O–H groups in total. The van der Waals surface area contributed by atoms with Gasteiger partial charge in [-0.3, -0.25) is 4.79 Å². The van der Waals surface area contributed by atoms with E-state index in [9.17, 15) is 4.79 Å². The van der Waals surface area contributed by atoms with E-state index in [1.807, 2.05) is 31.2 Å². The Bertz CT molecular complexity index is 582. The Morgan fingerprint density at radius 2 is 2.05 bits per heavy atom. The number of carbonyl (C=O) groups is 1. The highest BCUT2D eigenvalue weighted by Crippen LogP contribution is 2.19. The van der Waals surface area contributed by atoms with E-state index in [0.717, 1.165) is 5.56 Å². The molecule has 0 radical (unpaired) electrons. The van der Waals surface area contributed by atoms with Crippen LogP contribution in [0.2, 0.25) is 0 Å². The molecule has 1 aromatic heterocycles. The molecule has 0 aliphatic rings. The molecule has 6 heteroatoms. The highest BCUT2D eigenvalue weighted by Gasteiger charge is 2.08. The van der Waals surface area contributed by atoms with E-state index in [1.54, 1.807) is 6.07 Å². The Morgan fingerprint density at radius 1 is 1.26 bits per heavy atom. The van der Waals surface area contributed by atoms with Gasteiger partial charge in [0.25, 0.3) is 5.91 Å². The number of nitrogens with two attached hydrogens (primary N) is 2. The summed E-state index contributed by atoms with van der Waals surface area (Å²) in [5.41, 5.74) is 12.7. The zero-order chi connectivity index (χ0) is 13.8. The van der Waals surface area contributed by atoms with E-state index in [1.165, 1.54) is 6.07 Å². The number of nitrogens with one attached hydrogen (secondary N) is 1. The van der Waals surface area contributed by atoms with Gasteiger partial charge in [-0.05, 0) is 36.8 Å². The van der Waals surface area contributed by atoms with Crippen LogP contribution in [-0.2, 0) is 0 Å². The Labute approximate surface area is 110 Å². The fraction of sp³-hybridized carbons (Fsp3) is 0.154. The maximum Gasteiger partial charge on any atom is 0.269 e. The van der Waals surface area contributed by atoms with Crippen LogP contribution in [0, 0.1) is 0 Å². The van der Waals surface area contributed by atoms with E-state index in [4.69, 9.17) is 11.5 Å². The molecule has 98 valence electrons. The van der Waals surface area contributed by atoms with Crippen molar-refractivity contribution in [1.82, 2.24) is 10.2 Å². The van der Waals surface area contributed by atoms with Gasteiger partial charge in [0, 0.05) is 5.69 Å². The van der Waals surface area contributed by atoms with E-state index < -0.39 is 5.91 Å². The van der Waals surface area contributed by atoms with Crippen LogP contribution in [-0.4, -0.2) is 16.1 Å². The van der Waals surface area contributed by atoms with Crippen molar-refractivity contribution in [3.8, 4) is 0 Å². The second-order valence-corrected chi connectivity index (χ2v) is 4.20. The Balaban J connectivity index is 2.10. The van der Waals surface area contributed by atoms with Crippen LogP contribution >= 0.6 is 0 Å². The molecule has 0 saturated heterocycles. The average Bonchev–Trinajstić information content (AvgIpc) is 2.39. The molecule has 0 saturated carbocycles. The van der Waals surface area contributed by atoms with Crippen molar-refractivity contribution in [3.63, 3.8) is 0 Å². The summed E-state index contributed by atoms with van der Waals surface area (Å²) < 4.78 is 0. The lowest BCUT2D eigenvalue weighted by atomic mass is 10.1. The molecule has 19 heavy (non-hydrogen) atoms. The summed E-state index contributed by atoms with van der Waals surface area (Å²) in [6, 6.07) is 10.8. The Hall–Kier alpha value is -2.63. The van der Waals surface area contributed by atoms with Gasteiger partial charge in [-0.2, -0.15) is 0 Å². The van der Waals surface area contributed by atoms with Crippen molar-refractivity contribution in [2.24, 2.45) is 5.73 Å². The fourth-order valence-electron chi connectivity index (χ4n) is 1.67. The van der Waals surface area contributed by atoms with Gasteiger partial charge in [-0.15, -0.1) is 10.2 Å².